The van der Waals surface area contributed by atoms with Crippen molar-refractivity contribution in [2.75, 3.05) is 6.61 Å². The van der Waals surface area contributed by atoms with Gasteiger partial charge in [0.15, 0.2) is 0 Å². The second kappa shape index (κ2) is 50.3. The minimum atomic E-state index is -0.835. The zero-order valence-corrected chi connectivity index (χ0v) is 41.1. The van der Waals surface area contributed by atoms with E-state index in [9.17, 15) is 19.8 Å². The van der Waals surface area contributed by atoms with Gasteiger partial charge in [0.2, 0.25) is 5.91 Å². The summed E-state index contributed by atoms with van der Waals surface area (Å²) in [6.45, 7) is 6.17. The number of carbonyl (C=O) groups is 2. The largest absolute Gasteiger partial charge is 0.461 e. The minimum Gasteiger partial charge on any atom is -0.461 e. The van der Waals surface area contributed by atoms with Gasteiger partial charge >= 0.3 is 5.97 Å². The van der Waals surface area contributed by atoms with Gasteiger partial charge in [0.1, 0.15) is 6.10 Å². The molecular formula is C58H95NO5. The summed E-state index contributed by atoms with van der Waals surface area (Å²) in [4.78, 5) is 26.0. The standard InChI is InChI=1S/C58H95NO5/c1-4-7-10-13-16-19-22-24-26-28-30-32-35-38-41-44-47-50-56(61)55(53-60)59-57(62)52-54(49-46-43-40-37-34-21-18-15-12-9-6-3)64-58(63)51-48-45-42-39-36-33-31-29-27-25-23-20-17-14-11-8-5-2/h8-9,11-12,15,17-18,20-21,25,27,31,33-34,37,39-40,42-43,46,54-56,60-61H,4-7,10,13-14,16,19,22-24,26,28-30,32,35-36,38,41,44-45,47-53H2,1-3H3,(H,59,62)/b11-8-,12-9+,18-15+,20-17-,27-25-,33-31-,34-21-,40-37-,42-39-,46-43+. The molecule has 6 nitrogen and oxygen atoms in total. The number of allylic oxidation sites excluding steroid dienone is 19. The lowest BCUT2D eigenvalue weighted by Crippen LogP contribution is -2.46. The highest BCUT2D eigenvalue weighted by Gasteiger charge is 2.23. The molecule has 0 fully saturated rings. The zero-order valence-electron chi connectivity index (χ0n) is 41.1. The monoisotopic (exact) mass is 886 g/mol. The summed E-state index contributed by atoms with van der Waals surface area (Å²) >= 11 is 0. The van der Waals surface area contributed by atoms with Gasteiger partial charge in [0.05, 0.1) is 25.2 Å². The van der Waals surface area contributed by atoms with E-state index in [-0.39, 0.29) is 31.3 Å². The fourth-order valence-corrected chi connectivity index (χ4v) is 7.07. The van der Waals surface area contributed by atoms with Crippen molar-refractivity contribution in [3.05, 3.63) is 122 Å². The molecule has 0 aromatic carbocycles. The highest BCUT2D eigenvalue weighted by molar-refractivity contribution is 5.77. The summed E-state index contributed by atoms with van der Waals surface area (Å²) in [5.74, 6) is -0.689. The van der Waals surface area contributed by atoms with Crippen LogP contribution in [0.15, 0.2) is 122 Å². The number of aliphatic hydroxyl groups excluding tert-OH is 2. The lowest BCUT2D eigenvalue weighted by molar-refractivity contribution is -0.150. The van der Waals surface area contributed by atoms with Crippen LogP contribution in [-0.4, -0.2) is 46.9 Å². The number of ether oxygens (including phenoxy) is 1. The van der Waals surface area contributed by atoms with Crippen molar-refractivity contribution in [3.63, 3.8) is 0 Å². The third-order valence-electron chi connectivity index (χ3n) is 10.9. The highest BCUT2D eigenvalue weighted by atomic mass is 16.5. The summed E-state index contributed by atoms with van der Waals surface area (Å²) in [7, 11) is 0. The first-order chi connectivity index (χ1) is 31.5. The molecule has 3 unspecified atom stereocenters. The fourth-order valence-electron chi connectivity index (χ4n) is 7.07. The van der Waals surface area contributed by atoms with Crippen LogP contribution >= 0.6 is 0 Å². The Morgan fingerprint density at radius 1 is 0.500 bits per heavy atom. The Kier molecular flexibility index (Phi) is 47.3. The lowest BCUT2D eigenvalue weighted by Gasteiger charge is -2.24. The molecule has 3 atom stereocenters. The molecule has 0 rings (SSSR count). The van der Waals surface area contributed by atoms with Gasteiger partial charge < -0.3 is 20.3 Å². The van der Waals surface area contributed by atoms with Gasteiger partial charge in [-0.2, -0.15) is 0 Å². The Bertz CT molecular complexity index is 1360. The second-order valence-electron chi connectivity index (χ2n) is 16.9. The maximum absolute atomic E-state index is 13.2. The van der Waals surface area contributed by atoms with Crippen LogP contribution in [0.4, 0.5) is 0 Å². The highest BCUT2D eigenvalue weighted by Crippen LogP contribution is 2.16. The number of hydrogen-bond acceptors (Lipinski definition) is 5. The molecule has 0 bridgehead atoms. The predicted molar refractivity (Wildman–Crippen MR) is 277 cm³/mol. The van der Waals surface area contributed by atoms with E-state index in [1.54, 1.807) is 0 Å². The molecule has 0 aromatic heterocycles. The van der Waals surface area contributed by atoms with Crippen molar-refractivity contribution in [1.29, 1.82) is 0 Å². The predicted octanol–water partition coefficient (Wildman–Crippen LogP) is 15.7. The first kappa shape index (κ1) is 60.3. The van der Waals surface area contributed by atoms with Crippen LogP contribution in [0.25, 0.3) is 0 Å². The van der Waals surface area contributed by atoms with E-state index in [0.717, 1.165) is 64.2 Å². The third-order valence-corrected chi connectivity index (χ3v) is 10.9. The average molecular weight is 886 g/mol. The van der Waals surface area contributed by atoms with Crippen molar-refractivity contribution in [2.24, 2.45) is 0 Å². The van der Waals surface area contributed by atoms with E-state index in [4.69, 9.17) is 4.74 Å². The Balaban J connectivity index is 4.70. The van der Waals surface area contributed by atoms with Crippen LogP contribution in [0.1, 0.15) is 207 Å². The Morgan fingerprint density at radius 2 is 0.922 bits per heavy atom. The number of hydrogen-bond donors (Lipinski definition) is 3. The number of nitrogens with one attached hydrogen (secondary N) is 1. The SMILES string of the molecule is CC/C=C\C/C=C\C/C=C\C/C=C\C/C=C\CCCC(=O)OC(C/C=C/C=C\C=C/C=C/C=C/CC)CC(=O)NC(CO)C(O)CCCCCCCCCCCCCCCCCCC. The van der Waals surface area contributed by atoms with Crippen LogP contribution in [0.2, 0.25) is 0 Å². The molecule has 64 heavy (non-hydrogen) atoms. The van der Waals surface area contributed by atoms with Crippen LogP contribution < -0.4 is 5.32 Å². The molecular weight excluding hydrogens is 791 g/mol. The summed E-state index contributed by atoms with van der Waals surface area (Å²) in [6, 6.07) is -0.759. The third kappa shape index (κ3) is 44.9. The molecule has 0 heterocycles. The van der Waals surface area contributed by atoms with Crippen LogP contribution in [-0.2, 0) is 14.3 Å². The van der Waals surface area contributed by atoms with Gasteiger partial charge in [0.25, 0.3) is 0 Å². The van der Waals surface area contributed by atoms with Gasteiger partial charge in [-0.25, -0.2) is 0 Å². The molecule has 3 N–H and O–H groups in total. The Hall–Kier alpha value is -3.74. The molecule has 6 heteroatoms. The number of aliphatic hydroxyl groups is 2. The second-order valence-corrected chi connectivity index (χ2v) is 16.9. The van der Waals surface area contributed by atoms with Gasteiger partial charge in [-0.15, -0.1) is 0 Å². The van der Waals surface area contributed by atoms with E-state index in [1.165, 1.54) is 89.9 Å². The normalized spacial score (nSPS) is 14.3. The molecule has 0 saturated carbocycles. The number of carbonyl (C=O) groups excluding carboxylic acids is 2. The molecule has 0 aliphatic carbocycles. The van der Waals surface area contributed by atoms with Crippen molar-refractivity contribution in [1.82, 2.24) is 5.32 Å². The number of amides is 1. The van der Waals surface area contributed by atoms with Crippen LogP contribution in [0, 0.1) is 0 Å². The van der Waals surface area contributed by atoms with Crippen LogP contribution in [0.5, 0.6) is 0 Å². The van der Waals surface area contributed by atoms with Gasteiger partial charge in [0, 0.05) is 12.8 Å². The van der Waals surface area contributed by atoms with Gasteiger partial charge in [-0.1, -0.05) is 251 Å². The molecule has 0 aliphatic rings. The van der Waals surface area contributed by atoms with E-state index in [1.807, 2.05) is 54.7 Å². The lowest BCUT2D eigenvalue weighted by atomic mass is 10.0. The molecule has 0 saturated heterocycles. The molecule has 362 valence electrons. The van der Waals surface area contributed by atoms with E-state index in [0.29, 0.717) is 19.3 Å². The van der Waals surface area contributed by atoms with Crippen molar-refractivity contribution in [3.8, 4) is 0 Å². The fraction of sp³-hybridized carbons (Fsp3) is 0.621. The van der Waals surface area contributed by atoms with E-state index >= 15 is 0 Å². The first-order valence-corrected chi connectivity index (χ1v) is 25.8. The first-order valence-electron chi connectivity index (χ1n) is 25.8. The number of unbranched alkanes of at least 4 members (excludes halogenated alkanes) is 17. The van der Waals surface area contributed by atoms with Crippen molar-refractivity contribution in [2.45, 2.75) is 225 Å². The quantitative estimate of drug-likeness (QED) is 0.0245. The van der Waals surface area contributed by atoms with Crippen molar-refractivity contribution < 1.29 is 24.5 Å². The Labute approximate surface area is 393 Å². The summed E-state index contributed by atoms with van der Waals surface area (Å²) in [5, 5.41) is 23.7. The average Bonchev–Trinajstić information content (AvgIpc) is 3.29. The summed E-state index contributed by atoms with van der Waals surface area (Å²) in [5.41, 5.74) is 0. The minimum absolute atomic E-state index is 0.0487. The van der Waals surface area contributed by atoms with Crippen LogP contribution in [0.3, 0.4) is 0 Å². The smallest absolute Gasteiger partial charge is 0.306 e. The molecule has 0 aromatic rings. The van der Waals surface area contributed by atoms with Gasteiger partial charge in [-0.3, -0.25) is 9.59 Å². The van der Waals surface area contributed by atoms with E-state index < -0.39 is 18.2 Å². The maximum Gasteiger partial charge on any atom is 0.306 e. The summed E-state index contributed by atoms with van der Waals surface area (Å²) in [6.07, 6.45) is 70.1. The molecule has 1 amide bonds. The van der Waals surface area contributed by atoms with Gasteiger partial charge in [-0.05, 0) is 57.8 Å². The number of rotatable bonds is 44. The van der Waals surface area contributed by atoms with Crippen molar-refractivity contribution >= 4 is 11.9 Å². The molecule has 0 radical (unpaired) electrons. The maximum atomic E-state index is 13.2. The molecule has 0 spiro atoms. The van der Waals surface area contributed by atoms with E-state index in [2.05, 4.69) is 92.9 Å². The summed E-state index contributed by atoms with van der Waals surface area (Å²) < 4.78 is 5.81. The zero-order chi connectivity index (χ0) is 46.7. The Morgan fingerprint density at radius 3 is 1.39 bits per heavy atom. The topological polar surface area (TPSA) is 95.9 Å². The molecule has 0 aliphatic heterocycles. The number of esters is 1.